The van der Waals surface area contributed by atoms with Gasteiger partial charge in [-0.05, 0) is 50.8 Å². The van der Waals surface area contributed by atoms with Crippen LogP contribution in [-0.2, 0) is 9.47 Å². The van der Waals surface area contributed by atoms with E-state index in [4.69, 9.17) is 19.2 Å². The van der Waals surface area contributed by atoms with Gasteiger partial charge in [-0.25, -0.2) is 9.97 Å². The van der Waals surface area contributed by atoms with Crippen LogP contribution >= 0.6 is 0 Å². The summed E-state index contributed by atoms with van der Waals surface area (Å²) in [5.41, 5.74) is 1.07. The summed E-state index contributed by atoms with van der Waals surface area (Å²) in [6.45, 7) is 4.11. The molecule has 1 amide bonds. The normalized spacial score (nSPS) is 17.8. The molecule has 2 fully saturated rings. The van der Waals surface area contributed by atoms with E-state index >= 15 is 0 Å². The zero-order valence-corrected chi connectivity index (χ0v) is 21.8. The SMILES string of the molecule is CNCC(O)COc1cccc(-c2nc(C(=O)NCC3CCOCC3)cc(N(C)C3CCOCC3)n2)c1. The van der Waals surface area contributed by atoms with Crippen LogP contribution in [-0.4, -0.2) is 93.3 Å². The van der Waals surface area contributed by atoms with Crippen LogP contribution < -0.4 is 20.3 Å². The highest BCUT2D eigenvalue weighted by Crippen LogP contribution is 2.26. The molecule has 2 aromatic rings. The Morgan fingerprint density at radius 3 is 2.59 bits per heavy atom. The van der Waals surface area contributed by atoms with Crippen molar-refractivity contribution in [3.63, 3.8) is 0 Å². The monoisotopic (exact) mass is 513 g/mol. The summed E-state index contributed by atoms with van der Waals surface area (Å²) in [6, 6.07) is 9.47. The van der Waals surface area contributed by atoms with Crippen LogP contribution in [0.25, 0.3) is 11.4 Å². The van der Waals surface area contributed by atoms with Gasteiger partial charge in [-0.1, -0.05) is 12.1 Å². The van der Waals surface area contributed by atoms with Gasteiger partial charge in [-0.2, -0.15) is 0 Å². The quantitative estimate of drug-likeness (QED) is 0.414. The second-order valence-electron chi connectivity index (χ2n) is 9.71. The maximum absolute atomic E-state index is 13.2. The molecule has 2 aliphatic rings. The first-order valence-corrected chi connectivity index (χ1v) is 13.1. The lowest BCUT2D eigenvalue weighted by atomic mass is 10.0. The van der Waals surface area contributed by atoms with Gasteiger partial charge in [-0.15, -0.1) is 0 Å². The summed E-state index contributed by atoms with van der Waals surface area (Å²) in [7, 11) is 3.79. The molecule has 202 valence electrons. The van der Waals surface area contributed by atoms with Crippen molar-refractivity contribution in [2.75, 3.05) is 65.1 Å². The average Bonchev–Trinajstić information content (AvgIpc) is 2.95. The lowest BCUT2D eigenvalue weighted by Gasteiger charge is -2.32. The number of aliphatic hydroxyl groups excluding tert-OH is 1. The van der Waals surface area contributed by atoms with E-state index in [9.17, 15) is 9.90 Å². The number of nitrogens with one attached hydrogen (secondary N) is 2. The number of benzene rings is 1. The molecule has 0 spiro atoms. The number of hydrogen-bond donors (Lipinski definition) is 3. The van der Waals surface area contributed by atoms with E-state index in [0.717, 1.165) is 44.5 Å². The number of aromatic nitrogens is 2. The van der Waals surface area contributed by atoms with Crippen LogP contribution in [0, 0.1) is 5.92 Å². The summed E-state index contributed by atoms with van der Waals surface area (Å²) in [5, 5.41) is 16.0. The lowest BCUT2D eigenvalue weighted by molar-refractivity contribution is 0.0642. The minimum absolute atomic E-state index is 0.164. The molecular formula is C27H39N5O5. The number of carbonyl (C=O) groups excluding carboxylic acids is 1. The third kappa shape index (κ3) is 7.85. The van der Waals surface area contributed by atoms with Crippen LogP contribution in [0.15, 0.2) is 30.3 Å². The molecule has 3 heterocycles. The number of carbonyl (C=O) groups is 1. The van der Waals surface area contributed by atoms with Crippen LogP contribution in [0.3, 0.4) is 0 Å². The predicted molar refractivity (Wildman–Crippen MR) is 141 cm³/mol. The second-order valence-corrected chi connectivity index (χ2v) is 9.71. The largest absolute Gasteiger partial charge is 0.491 e. The summed E-state index contributed by atoms with van der Waals surface area (Å²) in [4.78, 5) is 24.8. The smallest absolute Gasteiger partial charge is 0.270 e. The number of amides is 1. The molecule has 2 aliphatic heterocycles. The molecule has 37 heavy (non-hydrogen) atoms. The minimum atomic E-state index is -0.618. The van der Waals surface area contributed by atoms with Gasteiger partial charge >= 0.3 is 0 Å². The number of nitrogens with zero attached hydrogens (tertiary/aromatic N) is 3. The standard InChI is InChI=1S/C27H39N5O5/c1-28-17-22(33)18-37-23-5-3-4-20(14-23)26-30-24(27(34)29-16-19-6-10-35-11-7-19)15-25(31-26)32(2)21-8-12-36-13-9-21/h3-5,14-15,19,21-22,28,33H,6-13,16-18H2,1-2H3,(H,29,34). The third-order valence-corrected chi connectivity index (χ3v) is 6.91. The first-order valence-electron chi connectivity index (χ1n) is 13.1. The lowest BCUT2D eigenvalue weighted by Crippen LogP contribution is -2.37. The van der Waals surface area contributed by atoms with Crippen molar-refractivity contribution in [3.8, 4) is 17.1 Å². The van der Waals surface area contributed by atoms with Gasteiger partial charge in [-0.3, -0.25) is 4.79 Å². The Morgan fingerprint density at radius 1 is 1.14 bits per heavy atom. The van der Waals surface area contributed by atoms with Crippen molar-refractivity contribution in [2.45, 2.75) is 37.8 Å². The van der Waals surface area contributed by atoms with Gasteiger partial charge in [0.1, 0.15) is 30.0 Å². The molecular weight excluding hydrogens is 474 g/mol. The number of ether oxygens (including phenoxy) is 3. The van der Waals surface area contributed by atoms with E-state index < -0.39 is 6.10 Å². The highest BCUT2D eigenvalue weighted by atomic mass is 16.5. The number of likely N-dealkylation sites (N-methyl/N-ethyl adjacent to an activating group) is 1. The highest BCUT2D eigenvalue weighted by Gasteiger charge is 2.23. The number of rotatable bonds is 11. The average molecular weight is 514 g/mol. The second kappa shape index (κ2) is 13.7. The molecule has 1 aromatic heterocycles. The van der Waals surface area contributed by atoms with E-state index in [1.165, 1.54) is 0 Å². The van der Waals surface area contributed by atoms with Crippen molar-refractivity contribution in [2.24, 2.45) is 5.92 Å². The number of hydrogen-bond acceptors (Lipinski definition) is 9. The minimum Gasteiger partial charge on any atom is -0.491 e. The maximum Gasteiger partial charge on any atom is 0.270 e. The van der Waals surface area contributed by atoms with Crippen LogP contribution in [0.2, 0.25) is 0 Å². The first-order chi connectivity index (χ1) is 18.0. The van der Waals surface area contributed by atoms with E-state index in [1.807, 2.05) is 31.3 Å². The molecule has 10 heteroatoms. The van der Waals surface area contributed by atoms with Crippen molar-refractivity contribution in [1.82, 2.24) is 20.6 Å². The van der Waals surface area contributed by atoms with E-state index in [0.29, 0.717) is 55.3 Å². The molecule has 4 rings (SSSR count). The molecule has 0 bridgehead atoms. The molecule has 0 saturated carbocycles. The molecule has 1 atom stereocenters. The zero-order chi connectivity index (χ0) is 26.0. The fourth-order valence-electron chi connectivity index (χ4n) is 4.61. The van der Waals surface area contributed by atoms with E-state index in [1.54, 1.807) is 13.1 Å². The van der Waals surface area contributed by atoms with Crippen LogP contribution in [0.5, 0.6) is 5.75 Å². The van der Waals surface area contributed by atoms with Crippen molar-refractivity contribution in [1.29, 1.82) is 0 Å². The first kappa shape index (κ1) is 27.3. The Labute approximate surface area is 218 Å². The van der Waals surface area contributed by atoms with Crippen molar-refractivity contribution >= 4 is 11.7 Å². The molecule has 0 radical (unpaired) electrons. The summed E-state index contributed by atoms with van der Waals surface area (Å²) in [5.74, 6) is 1.96. The number of anilines is 1. The molecule has 1 aromatic carbocycles. The van der Waals surface area contributed by atoms with Gasteiger partial charge in [0, 0.05) is 64.2 Å². The Kier molecular flexibility index (Phi) is 10.1. The Morgan fingerprint density at radius 2 is 1.86 bits per heavy atom. The Balaban J connectivity index is 1.57. The van der Waals surface area contributed by atoms with Crippen molar-refractivity contribution < 1.29 is 24.1 Å². The fourth-order valence-corrected chi connectivity index (χ4v) is 4.61. The van der Waals surface area contributed by atoms with Gasteiger partial charge in [0.2, 0.25) is 0 Å². The van der Waals surface area contributed by atoms with Crippen LogP contribution in [0.4, 0.5) is 5.82 Å². The Hall–Kier alpha value is -2.79. The molecule has 2 saturated heterocycles. The Bertz CT molecular complexity index is 1010. The maximum atomic E-state index is 13.2. The van der Waals surface area contributed by atoms with E-state index in [-0.39, 0.29) is 18.6 Å². The third-order valence-electron chi connectivity index (χ3n) is 6.91. The van der Waals surface area contributed by atoms with Gasteiger partial charge in [0.25, 0.3) is 5.91 Å². The molecule has 1 unspecified atom stereocenters. The molecule has 3 N–H and O–H groups in total. The van der Waals surface area contributed by atoms with Crippen LogP contribution in [0.1, 0.15) is 36.2 Å². The van der Waals surface area contributed by atoms with Gasteiger partial charge in [0.05, 0.1) is 0 Å². The number of aliphatic hydroxyl groups is 1. The fraction of sp³-hybridized carbons (Fsp3) is 0.593. The van der Waals surface area contributed by atoms with Crippen molar-refractivity contribution in [3.05, 3.63) is 36.0 Å². The van der Waals surface area contributed by atoms with Gasteiger partial charge < -0.3 is 34.9 Å². The van der Waals surface area contributed by atoms with E-state index in [2.05, 4.69) is 20.5 Å². The summed E-state index contributed by atoms with van der Waals surface area (Å²) < 4.78 is 16.7. The topological polar surface area (TPSA) is 118 Å². The molecule has 10 nitrogen and oxygen atoms in total. The molecule has 0 aliphatic carbocycles. The highest BCUT2D eigenvalue weighted by molar-refractivity contribution is 5.93. The van der Waals surface area contributed by atoms with Gasteiger partial charge in [0.15, 0.2) is 5.82 Å². The summed E-state index contributed by atoms with van der Waals surface area (Å²) in [6.07, 6.45) is 3.08. The zero-order valence-electron chi connectivity index (χ0n) is 21.8. The summed E-state index contributed by atoms with van der Waals surface area (Å²) >= 11 is 0. The predicted octanol–water partition coefficient (Wildman–Crippen LogP) is 1.87.